The number of carbonyl (C=O) groups excluding carboxylic acids is 3. The first-order valence-corrected chi connectivity index (χ1v) is 4.23. The van der Waals surface area contributed by atoms with Crippen molar-refractivity contribution in [1.29, 1.82) is 0 Å². The van der Waals surface area contributed by atoms with Gasteiger partial charge < -0.3 is 2.85 Å². The molecule has 0 atom stereocenters. The fourth-order valence-corrected chi connectivity index (χ4v) is 1.47. The molecule has 0 unspecified atom stereocenters. The Balaban J connectivity index is -0.000000563. The maximum atomic E-state index is 11.4. The van der Waals surface area contributed by atoms with Crippen LogP contribution < -0.4 is 10.6 Å². The number of hydrogen-bond donors (Lipinski definition) is 2. The first kappa shape index (κ1) is 13.9. The Hall–Kier alpha value is -0.130. The average Bonchev–Trinajstić information content (AvgIpc) is 2.05. The number of rotatable bonds is 2. The molecule has 1 saturated heterocycles. The summed E-state index contributed by atoms with van der Waals surface area (Å²) in [7, 11) is 0. The van der Waals surface area contributed by atoms with Crippen molar-refractivity contribution in [3.63, 3.8) is 0 Å². The Morgan fingerprint density at radius 3 is 1.71 bits per heavy atom. The van der Waals surface area contributed by atoms with Gasteiger partial charge in [0.2, 0.25) is 11.8 Å². The molecule has 2 N–H and O–H groups in total. The summed E-state index contributed by atoms with van der Waals surface area (Å²) < 4.78 is 0. The first-order chi connectivity index (χ1) is 6.06. The van der Waals surface area contributed by atoms with Crippen LogP contribution in [0, 0.1) is 5.41 Å². The van der Waals surface area contributed by atoms with E-state index in [2.05, 4.69) is 10.6 Å². The van der Waals surface area contributed by atoms with Gasteiger partial charge in [-0.25, -0.2) is 4.79 Å². The van der Waals surface area contributed by atoms with Crippen LogP contribution in [0.2, 0.25) is 0 Å². The van der Waals surface area contributed by atoms with Crippen LogP contribution in [0.15, 0.2) is 0 Å². The summed E-state index contributed by atoms with van der Waals surface area (Å²) in [6.07, 6.45) is 0.795. The molecule has 1 aliphatic rings. The molecule has 0 radical (unpaired) electrons. The van der Waals surface area contributed by atoms with Crippen LogP contribution in [0.4, 0.5) is 4.79 Å². The van der Waals surface area contributed by atoms with Gasteiger partial charge in [-0.2, -0.15) is 0 Å². The monoisotopic (exact) mass is 226 g/mol. The number of hydrogen-bond acceptors (Lipinski definition) is 3. The van der Waals surface area contributed by atoms with Gasteiger partial charge in [-0.05, 0) is 12.8 Å². The number of barbiturate groups is 1. The van der Waals surface area contributed by atoms with Crippen molar-refractivity contribution in [2.45, 2.75) is 26.7 Å². The van der Waals surface area contributed by atoms with Crippen molar-refractivity contribution in [3.05, 3.63) is 0 Å². The van der Waals surface area contributed by atoms with E-state index in [1.165, 1.54) is 0 Å². The summed E-state index contributed by atoms with van der Waals surface area (Å²) in [5, 5.41) is 4.19. The van der Waals surface area contributed by atoms with Crippen LogP contribution in [0.1, 0.15) is 29.5 Å². The molecule has 76 valence electrons. The number of nitrogens with one attached hydrogen (secondary N) is 2. The second-order valence-electron chi connectivity index (χ2n) is 3.03. The van der Waals surface area contributed by atoms with Crippen LogP contribution >= 0.6 is 0 Å². The predicted octanol–water partition coefficient (Wildman–Crippen LogP) is 0.00300. The molecule has 1 fully saturated rings. The molecule has 1 heterocycles. The van der Waals surface area contributed by atoms with Crippen molar-refractivity contribution in [1.82, 2.24) is 10.6 Å². The van der Waals surface area contributed by atoms with E-state index in [9.17, 15) is 14.4 Å². The van der Waals surface area contributed by atoms with E-state index in [4.69, 9.17) is 0 Å². The fraction of sp³-hybridized carbons (Fsp3) is 0.625. The predicted molar refractivity (Wildman–Crippen MR) is 52.7 cm³/mol. The van der Waals surface area contributed by atoms with Crippen molar-refractivity contribution in [3.8, 4) is 0 Å². The summed E-state index contributed by atoms with van der Waals surface area (Å²) in [4.78, 5) is 33.6. The van der Waals surface area contributed by atoms with E-state index in [0.29, 0.717) is 12.8 Å². The van der Waals surface area contributed by atoms with Gasteiger partial charge in [0, 0.05) is 0 Å². The van der Waals surface area contributed by atoms with Crippen molar-refractivity contribution < 1.29 is 17.2 Å². The summed E-state index contributed by atoms with van der Waals surface area (Å²) in [5.41, 5.74) is -1.06. The minimum atomic E-state index is -1.06. The van der Waals surface area contributed by atoms with E-state index in [-0.39, 0.29) is 40.6 Å². The van der Waals surface area contributed by atoms with Gasteiger partial charge in [-0.15, -0.1) is 0 Å². The molecular weight excluding hydrogens is 212 g/mol. The Bertz CT molecular complexity index is 260. The Morgan fingerprint density at radius 2 is 1.43 bits per heavy atom. The molecule has 0 aromatic rings. The summed E-state index contributed by atoms with van der Waals surface area (Å²) in [5.74, 6) is -0.988. The van der Waals surface area contributed by atoms with Crippen LogP contribution in [0.5, 0.6) is 0 Å². The van der Waals surface area contributed by atoms with E-state index < -0.39 is 23.3 Å². The molecule has 0 aliphatic carbocycles. The second-order valence-corrected chi connectivity index (χ2v) is 3.03. The number of amides is 4. The zero-order chi connectivity index (χ0) is 10.1. The number of carbonyl (C=O) groups is 3. The van der Waals surface area contributed by atoms with Gasteiger partial charge >= 0.3 is 43.8 Å². The molecule has 0 saturated carbocycles. The third-order valence-corrected chi connectivity index (χ3v) is 2.53. The largest absolute Gasteiger partial charge is 2.00 e. The zero-order valence-electron chi connectivity index (χ0n) is 10.3. The molecule has 0 spiro atoms. The number of imide groups is 2. The SMILES string of the molecule is CCC1(CC)C(=O)NC(=O)NC1=O.[Ca+2].[H-].[H-]. The van der Waals surface area contributed by atoms with E-state index in [0.717, 1.165) is 0 Å². The van der Waals surface area contributed by atoms with Crippen molar-refractivity contribution in [2.24, 2.45) is 5.41 Å². The Kier molecular flexibility index (Phi) is 5.04. The maximum Gasteiger partial charge on any atom is 2.00 e. The third kappa shape index (κ3) is 2.10. The maximum absolute atomic E-state index is 11.4. The van der Waals surface area contributed by atoms with Crippen LogP contribution in [0.25, 0.3) is 0 Å². The summed E-state index contributed by atoms with van der Waals surface area (Å²) >= 11 is 0. The molecule has 4 amide bonds. The van der Waals surface area contributed by atoms with Gasteiger partial charge in [0.05, 0.1) is 0 Å². The second kappa shape index (κ2) is 5.09. The van der Waals surface area contributed by atoms with E-state index in [1.807, 2.05) is 0 Å². The van der Waals surface area contributed by atoms with Gasteiger partial charge in [-0.3, -0.25) is 20.2 Å². The Labute approximate surface area is 115 Å². The molecule has 0 aromatic carbocycles. The zero-order valence-corrected chi connectivity index (χ0v) is 10.6. The van der Waals surface area contributed by atoms with Gasteiger partial charge in [0.25, 0.3) is 0 Å². The van der Waals surface area contributed by atoms with E-state index >= 15 is 0 Å². The summed E-state index contributed by atoms with van der Waals surface area (Å²) in [6, 6.07) is -0.729. The topological polar surface area (TPSA) is 75.3 Å². The van der Waals surface area contributed by atoms with Crippen molar-refractivity contribution >= 4 is 55.6 Å². The van der Waals surface area contributed by atoms with Gasteiger partial charge in [-0.1, -0.05) is 13.8 Å². The minimum Gasteiger partial charge on any atom is -1.00 e. The first-order valence-electron chi connectivity index (χ1n) is 4.23. The average molecular weight is 226 g/mol. The fourth-order valence-electron chi connectivity index (χ4n) is 1.47. The molecular formula is C8H14CaN2O3. The number of urea groups is 1. The molecule has 1 aliphatic heterocycles. The minimum absolute atomic E-state index is 0. The van der Waals surface area contributed by atoms with E-state index in [1.54, 1.807) is 13.8 Å². The van der Waals surface area contributed by atoms with Crippen LogP contribution in [-0.4, -0.2) is 55.6 Å². The smallest absolute Gasteiger partial charge is 1.00 e. The molecule has 1 rings (SSSR count). The molecule has 5 nitrogen and oxygen atoms in total. The van der Waals surface area contributed by atoms with Crippen molar-refractivity contribution in [2.75, 3.05) is 0 Å². The summed E-state index contributed by atoms with van der Waals surface area (Å²) in [6.45, 7) is 3.50. The molecule has 0 aromatic heterocycles. The molecule has 0 bridgehead atoms. The molecule has 6 heteroatoms. The Morgan fingerprint density at radius 1 is 1.07 bits per heavy atom. The standard InChI is InChI=1S/C8H12N2O3.Ca.2H/c1-3-8(4-2)5(11)9-7(13)10-6(8)12;;;/h3-4H2,1-2H3,(H2,9,10,11,12,13);;;/q;+2;2*-1. The van der Waals surface area contributed by atoms with Crippen LogP contribution in [-0.2, 0) is 9.59 Å². The van der Waals surface area contributed by atoms with Gasteiger partial charge in [0.15, 0.2) is 0 Å². The molecule has 14 heavy (non-hydrogen) atoms. The van der Waals surface area contributed by atoms with Crippen LogP contribution in [0.3, 0.4) is 0 Å². The third-order valence-electron chi connectivity index (χ3n) is 2.53. The normalized spacial score (nSPS) is 19.4. The quantitative estimate of drug-likeness (QED) is 0.514. The van der Waals surface area contributed by atoms with Gasteiger partial charge in [0.1, 0.15) is 5.41 Å².